The molecule has 0 bridgehead atoms. The number of halogens is 2. The first-order valence-corrected chi connectivity index (χ1v) is 12.9. The van der Waals surface area contributed by atoms with Gasteiger partial charge in [0, 0.05) is 27.4 Å². The summed E-state index contributed by atoms with van der Waals surface area (Å²) in [5.41, 5.74) is 1.08. The van der Waals surface area contributed by atoms with Gasteiger partial charge in [-0.15, -0.1) is 0 Å². The van der Waals surface area contributed by atoms with Gasteiger partial charge in [0.1, 0.15) is 11.9 Å². The average Bonchev–Trinajstić information content (AvgIpc) is 3.41. The monoisotopic (exact) mass is 570 g/mol. The molecule has 2 fully saturated rings. The zero-order valence-electron chi connectivity index (χ0n) is 19.8. The Labute approximate surface area is 226 Å². The number of rotatable bonds is 5. The van der Waals surface area contributed by atoms with Gasteiger partial charge in [-0.1, -0.05) is 76.6 Å². The van der Waals surface area contributed by atoms with E-state index in [9.17, 15) is 23.6 Å². The number of ketones is 2. The van der Waals surface area contributed by atoms with E-state index in [-0.39, 0.29) is 17.3 Å². The molecular weight excluding hydrogens is 551 g/mol. The van der Waals surface area contributed by atoms with Crippen molar-refractivity contribution in [2.24, 2.45) is 11.8 Å². The fourth-order valence-corrected chi connectivity index (χ4v) is 5.87. The molecule has 3 aliphatic rings. The number of allylic oxidation sites excluding steroid dienone is 2. The van der Waals surface area contributed by atoms with Crippen LogP contribution < -0.4 is 4.90 Å². The predicted molar refractivity (Wildman–Crippen MR) is 142 cm³/mol. The Morgan fingerprint density at radius 1 is 0.789 bits per heavy atom. The summed E-state index contributed by atoms with van der Waals surface area (Å²) >= 11 is 3.36. The van der Waals surface area contributed by atoms with Gasteiger partial charge >= 0.3 is 0 Å². The normalized spacial score (nSPS) is 23.8. The molecule has 6 rings (SSSR count). The SMILES string of the molecule is O=C(C1=C[C@H]2[C@H]3C(=O)N(c4ccccc4F)C(=O)[C@@H]3[C@H](C(=O)c3ccc(Br)cc3)N2C=C1)c1ccccc1. The molecule has 0 unspecified atom stereocenters. The Balaban J connectivity index is 1.44. The lowest BCUT2D eigenvalue weighted by Gasteiger charge is -2.32. The maximum absolute atomic E-state index is 14.7. The lowest BCUT2D eigenvalue weighted by atomic mass is 9.85. The molecule has 2 amide bonds. The van der Waals surface area contributed by atoms with Crippen LogP contribution in [0.1, 0.15) is 20.7 Å². The van der Waals surface area contributed by atoms with Crippen molar-refractivity contribution < 1.29 is 23.6 Å². The van der Waals surface area contributed by atoms with Crippen molar-refractivity contribution in [3.63, 3.8) is 0 Å². The number of carbonyl (C=O) groups is 4. The summed E-state index contributed by atoms with van der Waals surface area (Å²) in [6.07, 6.45) is 4.88. The molecular formula is C30H20BrFN2O4. The highest BCUT2D eigenvalue weighted by Gasteiger charge is 2.63. The van der Waals surface area contributed by atoms with E-state index < -0.39 is 41.6 Å². The van der Waals surface area contributed by atoms with Crippen LogP contribution in [0.3, 0.4) is 0 Å². The minimum Gasteiger partial charge on any atom is -0.359 e. The lowest BCUT2D eigenvalue weighted by Crippen LogP contribution is -2.46. The Bertz CT molecular complexity index is 1550. The van der Waals surface area contributed by atoms with Crippen molar-refractivity contribution in [2.45, 2.75) is 12.1 Å². The fraction of sp³-hybridized carbons (Fsp3) is 0.133. The van der Waals surface area contributed by atoms with E-state index in [1.807, 2.05) is 6.07 Å². The maximum Gasteiger partial charge on any atom is 0.240 e. The zero-order chi connectivity index (χ0) is 26.6. The van der Waals surface area contributed by atoms with Gasteiger partial charge in [0.2, 0.25) is 11.8 Å². The molecule has 3 aromatic carbocycles. The number of hydrogen-bond acceptors (Lipinski definition) is 5. The van der Waals surface area contributed by atoms with Crippen LogP contribution in [0.2, 0.25) is 0 Å². The number of fused-ring (bicyclic) bond motifs is 3. The molecule has 0 aromatic heterocycles. The van der Waals surface area contributed by atoms with Gasteiger partial charge in [-0.05, 0) is 30.3 Å². The van der Waals surface area contributed by atoms with E-state index in [2.05, 4.69) is 15.9 Å². The van der Waals surface area contributed by atoms with Crippen molar-refractivity contribution >= 4 is 45.0 Å². The summed E-state index contributed by atoms with van der Waals surface area (Å²) in [6.45, 7) is 0. The van der Waals surface area contributed by atoms with E-state index in [0.29, 0.717) is 16.7 Å². The molecule has 0 N–H and O–H groups in total. The van der Waals surface area contributed by atoms with Gasteiger partial charge in [0.05, 0.1) is 23.6 Å². The number of anilines is 1. The second-order valence-corrected chi connectivity index (χ2v) is 10.3. The first kappa shape index (κ1) is 24.2. The molecule has 6 nitrogen and oxygen atoms in total. The average molecular weight is 571 g/mol. The van der Waals surface area contributed by atoms with E-state index in [4.69, 9.17) is 0 Å². The highest BCUT2D eigenvalue weighted by molar-refractivity contribution is 9.10. The van der Waals surface area contributed by atoms with Crippen molar-refractivity contribution in [2.75, 3.05) is 4.90 Å². The fourth-order valence-electron chi connectivity index (χ4n) is 5.61. The van der Waals surface area contributed by atoms with Crippen molar-refractivity contribution in [1.29, 1.82) is 0 Å². The number of benzene rings is 3. The number of Topliss-reactive ketones (excluding diaryl/α,β-unsaturated/α-hetero) is 2. The third-order valence-electron chi connectivity index (χ3n) is 7.34. The van der Waals surface area contributed by atoms with Crippen LogP contribution in [0.5, 0.6) is 0 Å². The van der Waals surface area contributed by atoms with Crippen LogP contribution in [0.25, 0.3) is 0 Å². The quantitative estimate of drug-likeness (QED) is 0.320. The zero-order valence-corrected chi connectivity index (χ0v) is 21.4. The van der Waals surface area contributed by atoms with Crippen LogP contribution in [0.15, 0.2) is 107 Å². The lowest BCUT2D eigenvalue weighted by molar-refractivity contribution is -0.123. The van der Waals surface area contributed by atoms with E-state index >= 15 is 0 Å². The van der Waals surface area contributed by atoms with Crippen LogP contribution in [-0.4, -0.2) is 40.4 Å². The van der Waals surface area contributed by atoms with E-state index in [1.165, 1.54) is 18.2 Å². The smallest absolute Gasteiger partial charge is 0.240 e. The third-order valence-corrected chi connectivity index (χ3v) is 7.87. The van der Waals surface area contributed by atoms with Gasteiger partial charge in [0.15, 0.2) is 11.6 Å². The van der Waals surface area contributed by atoms with Crippen LogP contribution in [0.4, 0.5) is 10.1 Å². The van der Waals surface area contributed by atoms with Crippen molar-refractivity contribution in [3.8, 4) is 0 Å². The summed E-state index contributed by atoms with van der Waals surface area (Å²) in [6, 6.07) is 19.3. The number of amides is 2. The van der Waals surface area contributed by atoms with Gasteiger partial charge < -0.3 is 4.90 Å². The topological polar surface area (TPSA) is 74.8 Å². The molecule has 0 saturated carbocycles. The molecule has 0 spiro atoms. The summed E-state index contributed by atoms with van der Waals surface area (Å²) in [5.74, 6) is -4.51. The maximum atomic E-state index is 14.7. The second kappa shape index (κ2) is 9.29. The molecule has 8 heteroatoms. The van der Waals surface area contributed by atoms with Crippen molar-refractivity contribution in [3.05, 3.63) is 124 Å². The van der Waals surface area contributed by atoms with Gasteiger partial charge in [0.25, 0.3) is 0 Å². The molecule has 0 radical (unpaired) electrons. The molecule has 2 saturated heterocycles. The van der Waals surface area contributed by atoms with E-state index in [0.717, 1.165) is 9.37 Å². The number of carbonyl (C=O) groups excluding carboxylic acids is 4. The molecule has 0 aliphatic carbocycles. The predicted octanol–water partition coefficient (Wildman–Crippen LogP) is 4.97. The summed E-state index contributed by atoms with van der Waals surface area (Å²) in [4.78, 5) is 57.1. The van der Waals surface area contributed by atoms with Crippen LogP contribution in [-0.2, 0) is 9.59 Å². The molecule has 3 heterocycles. The summed E-state index contributed by atoms with van der Waals surface area (Å²) in [5, 5.41) is 0. The molecule has 4 atom stereocenters. The first-order chi connectivity index (χ1) is 18.4. The highest BCUT2D eigenvalue weighted by Crippen LogP contribution is 2.47. The molecule has 3 aromatic rings. The number of hydrogen-bond donors (Lipinski definition) is 0. The number of para-hydroxylation sites is 1. The van der Waals surface area contributed by atoms with Gasteiger partial charge in [-0.3, -0.25) is 19.2 Å². The van der Waals surface area contributed by atoms with Crippen LogP contribution >= 0.6 is 15.9 Å². The minimum absolute atomic E-state index is 0.144. The summed E-state index contributed by atoms with van der Waals surface area (Å²) < 4.78 is 15.5. The highest BCUT2D eigenvalue weighted by atomic mass is 79.9. The number of imide groups is 1. The van der Waals surface area contributed by atoms with Gasteiger partial charge in [-0.2, -0.15) is 0 Å². The van der Waals surface area contributed by atoms with E-state index in [1.54, 1.807) is 77.8 Å². The Morgan fingerprint density at radius 2 is 1.45 bits per heavy atom. The minimum atomic E-state index is -1.05. The second-order valence-electron chi connectivity index (χ2n) is 9.40. The largest absolute Gasteiger partial charge is 0.359 e. The molecule has 188 valence electrons. The molecule has 3 aliphatic heterocycles. The Kier molecular flexibility index (Phi) is 5.91. The summed E-state index contributed by atoms with van der Waals surface area (Å²) in [7, 11) is 0. The van der Waals surface area contributed by atoms with Crippen molar-refractivity contribution in [1.82, 2.24) is 4.90 Å². The first-order valence-electron chi connectivity index (χ1n) is 12.1. The Hall–Kier alpha value is -4.17. The van der Waals surface area contributed by atoms with Gasteiger partial charge in [-0.25, -0.2) is 9.29 Å². The Morgan fingerprint density at radius 3 is 2.16 bits per heavy atom. The number of nitrogens with zero attached hydrogens (tertiary/aromatic N) is 2. The van der Waals surface area contributed by atoms with Crippen LogP contribution in [0, 0.1) is 17.7 Å². The standard InChI is InChI=1S/C30H20BrFN2O4/c31-20-12-10-18(11-13-20)28(36)26-25-24(29(37)34(30(25)38)22-9-5-4-8-21(22)32)23-16-19(14-15-33(23)26)27(35)17-6-2-1-3-7-17/h1-16,23-26H/t23-,24+,25-,26+/m0/s1. The molecule has 38 heavy (non-hydrogen) atoms. The third kappa shape index (κ3) is 3.75.